The van der Waals surface area contributed by atoms with Crippen LogP contribution in [0.15, 0.2) is 51.7 Å². The number of benzene rings is 2. The summed E-state index contributed by atoms with van der Waals surface area (Å²) in [7, 11) is 0. The van der Waals surface area contributed by atoms with Crippen molar-refractivity contribution in [1.82, 2.24) is 0 Å². The smallest absolute Gasteiger partial charge is 0.175 e. The Morgan fingerprint density at radius 2 is 2.00 bits per heavy atom. The molecular formula is C22H22F2OS. The molecule has 1 aliphatic carbocycles. The maximum absolute atomic E-state index is 15.2. The van der Waals surface area contributed by atoms with Crippen LogP contribution in [0.1, 0.15) is 50.2 Å². The lowest BCUT2D eigenvalue weighted by Crippen LogP contribution is -2.06. The van der Waals surface area contributed by atoms with E-state index in [0.29, 0.717) is 34.0 Å². The number of allylic oxidation sites excluding steroid dienone is 3. The normalized spacial score (nSPS) is 18.8. The van der Waals surface area contributed by atoms with Crippen LogP contribution in [0.3, 0.4) is 0 Å². The minimum atomic E-state index is -0.328. The second-order valence-corrected chi connectivity index (χ2v) is 7.95. The molecule has 4 heteroatoms. The average molecular weight is 372 g/mol. The molecule has 0 saturated carbocycles. The van der Waals surface area contributed by atoms with Gasteiger partial charge in [-0.1, -0.05) is 44.2 Å². The number of aryl methyl sites for hydroxylation is 1. The van der Waals surface area contributed by atoms with E-state index in [4.69, 9.17) is 4.74 Å². The lowest BCUT2D eigenvalue weighted by Gasteiger charge is -2.19. The SMILES string of the molecule is CCCOC1=CCC2C(=C1F)Sc1c2cc2ccc(CCC)cc2c1F. The van der Waals surface area contributed by atoms with Crippen molar-refractivity contribution in [3.8, 4) is 0 Å². The highest BCUT2D eigenvalue weighted by molar-refractivity contribution is 8.03. The van der Waals surface area contributed by atoms with E-state index >= 15 is 4.39 Å². The largest absolute Gasteiger partial charge is 0.491 e. The summed E-state index contributed by atoms with van der Waals surface area (Å²) < 4.78 is 35.6. The average Bonchev–Trinajstić information content (AvgIpc) is 3.02. The van der Waals surface area contributed by atoms with Crippen molar-refractivity contribution in [2.75, 3.05) is 6.61 Å². The van der Waals surface area contributed by atoms with Crippen LogP contribution in [-0.2, 0) is 11.2 Å². The highest BCUT2D eigenvalue weighted by atomic mass is 32.2. The summed E-state index contributed by atoms with van der Waals surface area (Å²) in [6.07, 6.45) is 5.25. The molecule has 2 aromatic carbocycles. The molecule has 0 spiro atoms. The van der Waals surface area contributed by atoms with E-state index in [1.54, 1.807) is 6.08 Å². The minimum Gasteiger partial charge on any atom is -0.491 e. The molecule has 4 rings (SSSR count). The Kier molecular flexibility index (Phi) is 4.78. The van der Waals surface area contributed by atoms with Crippen molar-refractivity contribution < 1.29 is 13.5 Å². The number of fused-ring (bicyclic) bond motifs is 4. The highest BCUT2D eigenvalue weighted by Crippen LogP contribution is 2.56. The second kappa shape index (κ2) is 7.07. The van der Waals surface area contributed by atoms with Gasteiger partial charge in [-0.2, -0.15) is 0 Å². The van der Waals surface area contributed by atoms with Gasteiger partial charge < -0.3 is 4.74 Å². The Hall–Kier alpha value is -1.81. The van der Waals surface area contributed by atoms with Gasteiger partial charge in [0.15, 0.2) is 11.6 Å². The summed E-state index contributed by atoms with van der Waals surface area (Å²) in [5.41, 5.74) is 2.04. The van der Waals surface area contributed by atoms with Crippen LogP contribution < -0.4 is 0 Å². The first-order valence-electron chi connectivity index (χ1n) is 9.29. The predicted octanol–water partition coefficient (Wildman–Crippen LogP) is 7.02. The van der Waals surface area contributed by atoms with Gasteiger partial charge >= 0.3 is 0 Å². The highest BCUT2D eigenvalue weighted by Gasteiger charge is 2.37. The number of thioether (sulfide) groups is 1. The van der Waals surface area contributed by atoms with E-state index in [0.717, 1.165) is 35.8 Å². The molecule has 0 N–H and O–H groups in total. The van der Waals surface area contributed by atoms with Crippen LogP contribution in [0.4, 0.5) is 8.78 Å². The van der Waals surface area contributed by atoms with Crippen LogP contribution in [0.25, 0.3) is 10.8 Å². The Bertz CT molecular complexity index is 929. The van der Waals surface area contributed by atoms with Gasteiger partial charge in [-0.15, -0.1) is 0 Å². The first-order chi connectivity index (χ1) is 12.6. The molecule has 0 bridgehead atoms. The molecule has 0 aromatic heterocycles. The zero-order valence-corrected chi connectivity index (χ0v) is 15.9. The number of halogens is 2. The number of hydrogen-bond donors (Lipinski definition) is 0. The van der Waals surface area contributed by atoms with Crippen LogP contribution in [-0.4, -0.2) is 6.61 Å². The van der Waals surface area contributed by atoms with Gasteiger partial charge in [-0.25, -0.2) is 8.78 Å². The molecule has 1 nitrogen and oxygen atoms in total. The fourth-order valence-corrected chi connectivity index (χ4v) is 5.03. The van der Waals surface area contributed by atoms with Crippen molar-refractivity contribution in [2.24, 2.45) is 0 Å². The predicted molar refractivity (Wildman–Crippen MR) is 104 cm³/mol. The maximum atomic E-state index is 15.2. The summed E-state index contributed by atoms with van der Waals surface area (Å²) in [4.78, 5) is 1.17. The summed E-state index contributed by atoms with van der Waals surface area (Å²) in [6.45, 7) is 4.60. The van der Waals surface area contributed by atoms with E-state index in [1.807, 2.05) is 25.1 Å². The third kappa shape index (κ3) is 2.84. The third-order valence-electron chi connectivity index (χ3n) is 5.00. The van der Waals surface area contributed by atoms with E-state index in [2.05, 4.69) is 13.0 Å². The molecule has 136 valence electrons. The molecule has 0 fully saturated rings. The van der Waals surface area contributed by atoms with Gasteiger partial charge in [0.25, 0.3) is 0 Å². The Labute approximate surface area is 157 Å². The number of ether oxygens (including phenoxy) is 1. The fourth-order valence-electron chi connectivity index (χ4n) is 3.73. The monoisotopic (exact) mass is 372 g/mol. The first-order valence-corrected chi connectivity index (χ1v) is 10.1. The van der Waals surface area contributed by atoms with Gasteiger partial charge in [-0.3, -0.25) is 0 Å². The van der Waals surface area contributed by atoms with Crippen LogP contribution in [0, 0.1) is 5.82 Å². The third-order valence-corrected chi connectivity index (χ3v) is 6.31. The molecule has 0 radical (unpaired) electrons. The summed E-state index contributed by atoms with van der Waals surface area (Å²) in [5.74, 6) is -0.330. The molecule has 0 saturated heterocycles. The van der Waals surface area contributed by atoms with E-state index in [9.17, 15) is 4.39 Å². The molecule has 1 atom stereocenters. The summed E-state index contributed by atoms with van der Waals surface area (Å²) >= 11 is 1.23. The van der Waals surface area contributed by atoms with Crippen molar-refractivity contribution in [1.29, 1.82) is 0 Å². The zero-order chi connectivity index (χ0) is 18.3. The van der Waals surface area contributed by atoms with Gasteiger partial charge in [0, 0.05) is 16.2 Å². The van der Waals surface area contributed by atoms with Gasteiger partial charge in [0.1, 0.15) is 5.82 Å². The molecule has 2 aliphatic rings. The van der Waals surface area contributed by atoms with Crippen molar-refractivity contribution in [3.05, 3.63) is 63.8 Å². The van der Waals surface area contributed by atoms with Crippen LogP contribution >= 0.6 is 11.8 Å². The van der Waals surface area contributed by atoms with Crippen molar-refractivity contribution in [3.63, 3.8) is 0 Å². The second-order valence-electron chi connectivity index (χ2n) is 6.90. The standard InChI is InChI=1S/C22H22F2OS/c1-3-5-13-6-7-14-12-17-15-8-9-18(25-10-4-2)20(24)21(15)26-22(17)19(23)16(14)11-13/h6-7,9,11-12,15H,3-5,8,10H2,1-2H3. The molecule has 26 heavy (non-hydrogen) atoms. The summed E-state index contributed by atoms with van der Waals surface area (Å²) in [5, 5.41) is 1.53. The number of rotatable bonds is 5. The minimum absolute atomic E-state index is 0.0989. The molecule has 1 unspecified atom stereocenters. The first kappa shape index (κ1) is 17.6. The van der Waals surface area contributed by atoms with Crippen LogP contribution in [0.2, 0.25) is 0 Å². The Morgan fingerprint density at radius 3 is 2.77 bits per heavy atom. The molecule has 1 heterocycles. The van der Waals surface area contributed by atoms with Crippen LogP contribution in [0.5, 0.6) is 0 Å². The Balaban J connectivity index is 1.77. The molecule has 1 aliphatic heterocycles. The van der Waals surface area contributed by atoms with Gasteiger partial charge in [0.05, 0.1) is 11.5 Å². The Morgan fingerprint density at radius 1 is 1.15 bits per heavy atom. The molecule has 0 amide bonds. The van der Waals surface area contributed by atoms with Crippen molar-refractivity contribution in [2.45, 2.75) is 50.3 Å². The number of hydrogen-bond acceptors (Lipinski definition) is 2. The molecular weight excluding hydrogens is 350 g/mol. The fraction of sp³-hybridized carbons (Fsp3) is 0.364. The van der Waals surface area contributed by atoms with E-state index < -0.39 is 0 Å². The lowest BCUT2D eigenvalue weighted by atomic mass is 9.89. The van der Waals surface area contributed by atoms with E-state index in [1.165, 1.54) is 11.8 Å². The lowest BCUT2D eigenvalue weighted by molar-refractivity contribution is 0.205. The topological polar surface area (TPSA) is 9.23 Å². The van der Waals surface area contributed by atoms with E-state index in [-0.39, 0.29) is 17.6 Å². The quantitative estimate of drug-likeness (QED) is 0.558. The zero-order valence-electron chi connectivity index (χ0n) is 15.1. The maximum Gasteiger partial charge on any atom is 0.175 e. The molecule has 2 aromatic rings. The van der Waals surface area contributed by atoms with Gasteiger partial charge in [-0.05, 0) is 54.0 Å². The van der Waals surface area contributed by atoms with Gasteiger partial charge in [0.2, 0.25) is 0 Å². The van der Waals surface area contributed by atoms with Crippen molar-refractivity contribution >= 4 is 22.5 Å². The summed E-state index contributed by atoms with van der Waals surface area (Å²) in [6, 6.07) is 8.03.